The van der Waals surface area contributed by atoms with Crippen molar-refractivity contribution in [3.63, 3.8) is 0 Å². The number of carbonyl (C=O) groups excluding carboxylic acids is 2. The van der Waals surface area contributed by atoms with Crippen LogP contribution in [0.1, 0.15) is 36.8 Å². The Kier molecular flexibility index (Phi) is 7.64. The van der Waals surface area contributed by atoms with E-state index in [4.69, 9.17) is 9.47 Å². The Morgan fingerprint density at radius 2 is 1.62 bits per heavy atom. The summed E-state index contributed by atoms with van der Waals surface area (Å²) < 4.78 is 23.3. The molecule has 0 atom stereocenters. The summed E-state index contributed by atoms with van der Waals surface area (Å²) in [6, 6.07) is 16.6. The molecular weight excluding hydrogens is 435 g/mol. The number of hydrogen-bond acceptors (Lipinski definition) is 5. The minimum Gasteiger partial charge on any atom is -0.465 e. The summed E-state index contributed by atoms with van der Waals surface area (Å²) >= 11 is 0. The maximum absolute atomic E-state index is 13.4. The van der Waals surface area contributed by atoms with Gasteiger partial charge in [0, 0.05) is 5.56 Å². The molecule has 1 aromatic heterocycles. The van der Waals surface area contributed by atoms with E-state index in [0.29, 0.717) is 17.0 Å². The van der Waals surface area contributed by atoms with Crippen LogP contribution in [0.15, 0.2) is 60.7 Å². The Labute approximate surface area is 198 Å². The summed E-state index contributed by atoms with van der Waals surface area (Å²) in [4.78, 5) is 28.1. The fourth-order valence-corrected chi connectivity index (χ4v) is 3.01. The number of carbonyl (C=O) groups is 2. The van der Waals surface area contributed by atoms with E-state index >= 15 is 0 Å². The number of alkyl carbamates (subject to hydrolysis) is 1. The first-order chi connectivity index (χ1) is 16.1. The predicted molar refractivity (Wildman–Crippen MR) is 128 cm³/mol. The highest BCUT2D eigenvalue weighted by molar-refractivity contribution is 5.90. The Hall–Kier alpha value is -4.18. The quantitative estimate of drug-likeness (QED) is 0.427. The van der Waals surface area contributed by atoms with E-state index in [1.165, 1.54) is 19.2 Å². The molecule has 3 aromatic rings. The van der Waals surface area contributed by atoms with Gasteiger partial charge < -0.3 is 14.8 Å². The lowest BCUT2D eigenvalue weighted by molar-refractivity contribution is 0.0533. The average molecular weight is 461 g/mol. The molecule has 0 fully saturated rings. The Balaban J connectivity index is 1.90. The van der Waals surface area contributed by atoms with E-state index in [0.717, 1.165) is 16.7 Å². The zero-order valence-electron chi connectivity index (χ0n) is 19.4. The van der Waals surface area contributed by atoms with Crippen molar-refractivity contribution in [2.24, 2.45) is 0 Å². The minimum absolute atomic E-state index is 0.0839. The van der Waals surface area contributed by atoms with Crippen LogP contribution in [-0.4, -0.2) is 36.3 Å². The molecule has 0 aliphatic carbocycles. The predicted octanol–water partition coefficient (Wildman–Crippen LogP) is 5.22. The minimum atomic E-state index is -0.596. The molecule has 1 N–H and O–H groups in total. The lowest BCUT2D eigenvalue weighted by Gasteiger charge is -2.19. The van der Waals surface area contributed by atoms with Crippen LogP contribution in [0, 0.1) is 17.7 Å². The molecule has 0 saturated carbocycles. The SMILES string of the molecule is COC(=O)c1ccc(-c2cc(C#CCNC(=O)OC(C)(C)C)nc(-c3ccc(F)cc3)c2)cc1. The summed E-state index contributed by atoms with van der Waals surface area (Å²) in [5.41, 5.74) is 3.31. The monoisotopic (exact) mass is 460 g/mol. The molecule has 34 heavy (non-hydrogen) atoms. The van der Waals surface area contributed by atoms with Crippen molar-refractivity contribution < 1.29 is 23.5 Å². The molecule has 0 spiro atoms. The number of esters is 1. The third-order valence-electron chi connectivity index (χ3n) is 4.54. The second-order valence-corrected chi connectivity index (χ2v) is 8.36. The molecule has 0 aliphatic heterocycles. The van der Waals surface area contributed by atoms with E-state index in [9.17, 15) is 14.0 Å². The van der Waals surface area contributed by atoms with Gasteiger partial charge in [-0.05, 0) is 86.3 Å². The van der Waals surface area contributed by atoms with E-state index in [-0.39, 0.29) is 12.4 Å². The topological polar surface area (TPSA) is 77.5 Å². The van der Waals surface area contributed by atoms with E-state index in [1.807, 2.05) is 6.07 Å². The van der Waals surface area contributed by atoms with E-state index in [1.54, 1.807) is 63.2 Å². The molecule has 0 radical (unpaired) electrons. The molecule has 1 heterocycles. The van der Waals surface area contributed by atoms with Gasteiger partial charge in [-0.2, -0.15) is 0 Å². The second kappa shape index (κ2) is 10.6. The summed E-state index contributed by atoms with van der Waals surface area (Å²) in [6.45, 7) is 5.42. The van der Waals surface area contributed by atoms with Crippen molar-refractivity contribution in [1.29, 1.82) is 0 Å². The second-order valence-electron chi connectivity index (χ2n) is 8.36. The molecule has 6 nitrogen and oxygen atoms in total. The normalized spacial score (nSPS) is 10.6. The first kappa shape index (κ1) is 24.5. The van der Waals surface area contributed by atoms with Crippen molar-refractivity contribution in [1.82, 2.24) is 10.3 Å². The first-order valence-electron chi connectivity index (χ1n) is 10.6. The van der Waals surface area contributed by atoms with Gasteiger partial charge in [-0.25, -0.2) is 19.0 Å². The number of ether oxygens (including phenoxy) is 2. The zero-order valence-corrected chi connectivity index (χ0v) is 19.4. The van der Waals surface area contributed by atoms with Crippen LogP contribution in [0.25, 0.3) is 22.4 Å². The third-order valence-corrected chi connectivity index (χ3v) is 4.54. The number of benzene rings is 2. The van der Waals surface area contributed by atoms with Crippen LogP contribution in [-0.2, 0) is 9.47 Å². The van der Waals surface area contributed by atoms with Gasteiger partial charge in [0.25, 0.3) is 0 Å². The fraction of sp³-hybridized carbons (Fsp3) is 0.222. The molecule has 0 unspecified atom stereocenters. The highest BCUT2D eigenvalue weighted by atomic mass is 19.1. The number of amides is 1. The number of nitrogens with one attached hydrogen (secondary N) is 1. The maximum atomic E-state index is 13.4. The molecule has 0 aliphatic rings. The third kappa shape index (κ3) is 6.91. The summed E-state index contributed by atoms with van der Waals surface area (Å²) in [6.07, 6.45) is -0.554. The molecule has 3 rings (SSSR count). The summed E-state index contributed by atoms with van der Waals surface area (Å²) in [5.74, 6) is 5.06. The van der Waals surface area contributed by atoms with Crippen LogP contribution >= 0.6 is 0 Å². The number of aromatic nitrogens is 1. The van der Waals surface area contributed by atoms with Gasteiger partial charge in [0.1, 0.15) is 17.1 Å². The number of hydrogen-bond donors (Lipinski definition) is 1. The Bertz CT molecular complexity index is 1230. The van der Waals surface area contributed by atoms with Gasteiger partial charge in [-0.1, -0.05) is 18.1 Å². The lowest BCUT2D eigenvalue weighted by Crippen LogP contribution is -2.32. The highest BCUT2D eigenvalue weighted by Gasteiger charge is 2.15. The van der Waals surface area contributed by atoms with Crippen molar-refractivity contribution in [3.8, 4) is 34.2 Å². The zero-order chi connectivity index (χ0) is 24.7. The molecule has 174 valence electrons. The van der Waals surface area contributed by atoms with Crippen molar-refractivity contribution in [3.05, 3.63) is 77.7 Å². The lowest BCUT2D eigenvalue weighted by atomic mass is 10.0. The number of pyridine rings is 1. The highest BCUT2D eigenvalue weighted by Crippen LogP contribution is 2.26. The number of methoxy groups -OCH3 is 1. The average Bonchev–Trinajstić information content (AvgIpc) is 2.80. The Morgan fingerprint density at radius 1 is 0.971 bits per heavy atom. The molecular formula is C27H25FN2O4. The van der Waals surface area contributed by atoms with Gasteiger partial charge in [0.2, 0.25) is 0 Å². The summed E-state index contributed by atoms with van der Waals surface area (Å²) in [5, 5.41) is 2.58. The Morgan fingerprint density at radius 3 is 2.24 bits per heavy atom. The van der Waals surface area contributed by atoms with Gasteiger partial charge in [0.15, 0.2) is 0 Å². The number of nitrogens with zero attached hydrogens (tertiary/aromatic N) is 1. The summed E-state index contributed by atoms with van der Waals surface area (Å²) in [7, 11) is 1.33. The maximum Gasteiger partial charge on any atom is 0.408 e. The van der Waals surface area contributed by atoms with E-state index in [2.05, 4.69) is 22.1 Å². The van der Waals surface area contributed by atoms with Crippen LogP contribution in [0.2, 0.25) is 0 Å². The standard InChI is InChI=1S/C27H25FN2O4/c1-27(2,3)34-26(32)29-15-5-6-23-16-21(18-7-9-20(10-8-18)25(31)33-4)17-24(30-23)19-11-13-22(28)14-12-19/h7-14,16-17H,15H2,1-4H3,(H,29,32). The molecule has 7 heteroatoms. The van der Waals surface area contributed by atoms with Gasteiger partial charge in [-0.3, -0.25) is 0 Å². The van der Waals surface area contributed by atoms with Crippen LogP contribution < -0.4 is 5.32 Å². The fourth-order valence-electron chi connectivity index (χ4n) is 3.01. The van der Waals surface area contributed by atoms with Gasteiger partial charge in [0.05, 0.1) is 24.9 Å². The van der Waals surface area contributed by atoms with Crippen LogP contribution in [0.3, 0.4) is 0 Å². The van der Waals surface area contributed by atoms with Gasteiger partial charge in [-0.15, -0.1) is 0 Å². The largest absolute Gasteiger partial charge is 0.465 e. The van der Waals surface area contributed by atoms with E-state index < -0.39 is 17.7 Å². The van der Waals surface area contributed by atoms with Crippen LogP contribution in [0.5, 0.6) is 0 Å². The van der Waals surface area contributed by atoms with Crippen molar-refractivity contribution in [2.45, 2.75) is 26.4 Å². The van der Waals surface area contributed by atoms with Crippen molar-refractivity contribution >= 4 is 12.1 Å². The van der Waals surface area contributed by atoms with Gasteiger partial charge >= 0.3 is 12.1 Å². The molecule has 0 bridgehead atoms. The smallest absolute Gasteiger partial charge is 0.408 e. The number of halogens is 1. The molecule has 1 amide bonds. The number of rotatable bonds is 4. The first-order valence-corrected chi connectivity index (χ1v) is 10.6. The van der Waals surface area contributed by atoms with Crippen molar-refractivity contribution in [2.75, 3.05) is 13.7 Å². The molecule has 2 aromatic carbocycles. The van der Waals surface area contributed by atoms with Crippen LogP contribution in [0.4, 0.5) is 9.18 Å². The molecule has 0 saturated heterocycles.